The van der Waals surface area contributed by atoms with E-state index in [9.17, 15) is 0 Å². The second-order valence-corrected chi connectivity index (χ2v) is 3.57. The van der Waals surface area contributed by atoms with Crippen molar-refractivity contribution in [3.8, 4) is 11.6 Å². The highest BCUT2D eigenvalue weighted by atomic mass is 16.5. The number of pyridine rings is 1. The number of hydrogen-bond acceptors (Lipinski definition) is 3. The Morgan fingerprint density at radius 1 is 1.31 bits per heavy atom. The number of ether oxygens (including phenoxy) is 2. The van der Waals surface area contributed by atoms with Gasteiger partial charge in [-0.1, -0.05) is 12.1 Å². The van der Waals surface area contributed by atoms with E-state index in [1.807, 2.05) is 38.1 Å². The van der Waals surface area contributed by atoms with Crippen molar-refractivity contribution in [2.45, 2.75) is 13.8 Å². The number of nitrogens with zero attached hydrogens (tertiary/aromatic N) is 1. The SMILES string of the molecule is CCOc1cc(OC)c2cccc(C)c2n1. The Morgan fingerprint density at radius 2 is 2.12 bits per heavy atom. The lowest BCUT2D eigenvalue weighted by molar-refractivity contribution is 0.324. The molecule has 0 aliphatic rings. The van der Waals surface area contributed by atoms with Crippen molar-refractivity contribution in [1.29, 1.82) is 0 Å². The highest BCUT2D eigenvalue weighted by Crippen LogP contribution is 2.29. The molecule has 0 N–H and O–H groups in total. The van der Waals surface area contributed by atoms with Crippen LogP contribution in [0.5, 0.6) is 11.6 Å². The summed E-state index contributed by atoms with van der Waals surface area (Å²) in [5.41, 5.74) is 2.06. The monoisotopic (exact) mass is 217 g/mol. The zero-order chi connectivity index (χ0) is 11.5. The fraction of sp³-hybridized carbons (Fsp3) is 0.308. The van der Waals surface area contributed by atoms with Crippen molar-refractivity contribution in [2.24, 2.45) is 0 Å². The molecule has 1 aromatic carbocycles. The second kappa shape index (κ2) is 4.39. The standard InChI is InChI=1S/C13H15NO2/c1-4-16-12-8-11(15-3)10-7-5-6-9(2)13(10)14-12/h5-8H,4H2,1-3H3. The quantitative estimate of drug-likeness (QED) is 0.792. The third kappa shape index (κ3) is 1.81. The molecule has 1 heterocycles. The maximum absolute atomic E-state index is 5.42. The number of hydrogen-bond donors (Lipinski definition) is 0. The number of aryl methyl sites for hydroxylation is 1. The minimum atomic E-state index is 0.605. The van der Waals surface area contributed by atoms with Gasteiger partial charge in [0, 0.05) is 11.5 Å². The van der Waals surface area contributed by atoms with Crippen molar-refractivity contribution in [3.63, 3.8) is 0 Å². The molecule has 0 atom stereocenters. The van der Waals surface area contributed by atoms with E-state index in [2.05, 4.69) is 4.98 Å². The van der Waals surface area contributed by atoms with Gasteiger partial charge in [-0.3, -0.25) is 0 Å². The summed E-state index contributed by atoms with van der Waals surface area (Å²) >= 11 is 0. The highest BCUT2D eigenvalue weighted by molar-refractivity contribution is 5.88. The smallest absolute Gasteiger partial charge is 0.217 e. The Kier molecular flexibility index (Phi) is 2.95. The molecular formula is C13H15NO2. The first-order valence-corrected chi connectivity index (χ1v) is 5.33. The van der Waals surface area contributed by atoms with Gasteiger partial charge in [-0.2, -0.15) is 0 Å². The Balaban J connectivity index is 2.69. The lowest BCUT2D eigenvalue weighted by Crippen LogP contribution is -1.97. The normalized spacial score (nSPS) is 10.4. The molecule has 0 aliphatic heterocycles. The minimum absolute atomic E-state index is 0.605. The van der Waals surface area contributed by atoms with Crippen LogP contribution in [0.1, 0.15) is 12.5 Å². The molecule has 3 nitrogen and oxygen atoms in total. The van der Waals surface area contributed by atoms with Crippen LogP contribution in [-0.4, -0.2) is 18.7 Å². The van der Waals surface area contributed by atoms with E-state index in [0.717, 1.165) is 22.2 Å². The average molecular weight is 217 g/mol. The molecule has 0 unspecified atom stereocenters. The first kappa shape index (κ1) is 10.7. The van der Waals surface area contributed by atoms with Gasteiger partial charge in [-0.25, -0.2) is 4.98 Å². The van der Waals surface area contributed by atoms with Crippen molar-refractivity contribution in [1.82, 2.24) is 4.98 Å². The maximum atomic E-state index is 5.42. The molecular weight excluding hydrogens is 202 g/mol. The van der Waals surface area contributed by atoms with Crippen LogP contribution in [0.3, 0.4) is 0 Å². The molecule has 0 bridgehead atoms. The Morgan fingerprint density at radius 3 is 2.81 bits per heavy atom. The molecule has 2 rings (SSSR count). The molecule has 0 saturated heterocycles. The highest BCUT2D eigenvalue weighted by Gasteiger charge is 2.08. The van der Waals surface area contributed by atoms with Gasteiger partial charge >= 0.3 is 0 Å². The summed E-state index contributed by atoms with van der Waals surface area (Å²) < 4.78 is 10.8. The van der Waals surface area contributed by atoms with Crippen LogP contribution in [0.25, 0.3) is 10.9 Å². The number of methoxy groups -OCH3 is 1. The second-order valence-electron chi connectivity index (χ2n) is 3.57. The molecule has 16 heavy (non-hydrogen) atoms. The van der Waals surface area contributed by atoms with Crippen molar-refractivity contribution < 1.29 is 9.47 Å². The number of aromatic nitrogens is 1. The van der Waals surface area contributed by atoms with Crippen molar-refractivity contribution >= 4 is 10.9 Å². The first-order chi connectivity index (χ1) is 7.76. The summed E-state index contributed by atoms with van der Waals surface area (Å²) in [5, 5.41) is 1.02. The van der Waals surface area contributed by atoms with Gasteiger partial charge in [0.25, 0.3) is 0 Å². The van der Waals surface area contributed by atoms with Crippen LogP contribution in [0, 0.1) is 6.92 Å². The van der Waals surface area contributed by atoms with Crippen LogP contribution in [0.2, 0.25) is 0 Å². The average Bonchev–Trinajstić information content (AvgIpc) is 2.30. The summed E-state index contributed by atoms with van der Waals surface area (Å²) in [6, 6.07) is 7.86. The molecule has 0 aliphatic carbocycles. The third-order valence-corrected chi connectivity index (χ3v) is 2.49. The first-order valence-electron chi connectivity index (χ1n) is 5.33. The Hall–Kier alpha value is -1.77. The summed E-state index contributed by atoms with van der Waals surface area (Å²) in [5.74, 6) is 1.42. The number of rotatable bonds is 3. The van der Waals surface area contributed by atoms with Gasteiger partial charge in [0.1, 0.15) is 5.75 Å². The molecule has 0 fully saturated rings. The van der Waals surface area contributed by atoms with Gasteiger partial charge in [0.05, 0.1) is 19.2 Å². The van der Waals surface area contributed by atoms with Crippen LogP contribution in [0.4, 0.5) is 0 Å². The number of benzene rings is 1. The molecule has 84 valence electrons. The van der Waals surface area contributed by atoms with Gasteiger partial charge in [-0.05, 0) is 25.5 Å². The molecule has 0 radical (unpaired) electrons. The largest absolute Gasteiger partial charge is 0.496 e. The lowest BCUT2D eigenvalue weighted by atomic mass is 10.1. The Labute approximate surface area is 95.0 Å². The molecule has 2 aromatic rings. The van der Waals surface area contributed by atoms with E-state index >= 15 is 0 Å². The van der Waals surface area contributed by atoms with E-state index < -0.39 is 0 Å². The van der Waals surface area contributed by atoms with Crippen LogP contribution >= 0.6 is 0 Å². The zero-order valence-electron chi connectivity index (χ0n) is 9.78. The number of para-hydroxylation sites is 1. The van der Waals surface area contributed by atoms with Crippen molar-refractivity contribution in [2.75, 3.05) is 13.7 Å². The number of fused-ring (bicyclic) bond motifs is 1. The van der Waals surface area contributed by atoms with Gasteiger partial charge in [-0.15, -0.1) is 0 Å². The fourth-order valence-electron chi connectivity index (χ4n) is 1.73. The Bertz CT molecular complexity index is 509. The fourth-order valence-corrected chi connectivity index (χ4v) is 1.73. The van der Waals surface area contributed by atoms with Crippen molar-refractivity contribution in [3.05, 3.63) is 29.8 Å². The van der Waals surface area contributed by atoms with Gasteiger partial charge in [0.15, 0.2) is 0 Å². The summed E-state index contributed by atoms with van der Waals surface area (Å²) in [6.07, 6.45) is 0. The van der Waals surface area contributed by atoms with E-state index in [4.69, 9.17) is 9.47 Å². The van der Waals surface area contributed by atoms with E-state index in [1.54, 1.807) is 7.11 Å². The molecule has 0 spiro atoms. The maximum Gasteiger partial charge on any atom is 0.217 e. The molecule has 0 amide bonds. The van der Waals surface area contributed by atoms with E-state index in [1.165, 1.54) is 0 Å². The minimum Gasteiger partial charge on any atom is -0.496 e. The van der Waals surface area contributed by atoms with Crippen LogP contribution in [0.15, 0.2) is 24.3 Å². The summed E-state index contributed by atoms with van der Waals surface area (Å²) in [6.45, 7) is 4.58. The van der Waals surface area contributed by atoms with Gasteiger partial charge < -0.3 is 9.47 Å². The topological polar surface area (TPSA) is 31.4 Å². The van der Waals surface area contributed by atoms with Crippen LogP contribution in [-0.2, 0) is 0 Å². The van der Waals surface area contributed by atoms with Crippen LogP contribution < -0.4 is 9.47 Å². The van der Waals surface area contributed by atoms with E-state index in [0.29, 0.717) is 12.5 Å². The van der Waals surface area contributed by atoms with Gasteiger partial charge in [0.2, 0.25) is 5.88 Å². The predicted molar refractivity (Wildman–Crippen MR) is 64.2 cm³/mol. The van der Waals surface area contributed by atoms with E-state index in [-0.39, 0.29) is 0 Å². The molecule has 1 aromatic heterocycles. The molecule has 0 saturated carbocycles. The summed E-state index contributed by atoms with van der Waals surface area (Å²) in [4.78, 5) is 4.47. The third-order valence-electron chi connectivity index (χ3n) is 2.49. The predicted octanol–water partition coefficient (Wildman–Crippen LogP) is 2.95. The summed E-state index contributed by atoms with van der Waals surface area (Å²) in [7, 11) is 1.66. The zero-order valence-corrected chi connectivity index (χ0v) is 9.78. The lowest BCUT2D eigenvalue weighted by Gasteiger charge is -2.10. The molecule has 3 heteroatoms.